The molecule has 2 heterocycles. The van der Waals surface area contributed by atoms with Crippen molar-refractivity contribution in [2.24, 2.45) is 0 Å². The highest BCUT2D eigenvalue weighted by atomic mass is 19.1. The summed E-state index contributed by atoms with van der Waals surface area (Å²) >= 11 is 0. The van der Waals surface area contributed by atoms with E-state index in [9.17, 15) is 4.39 Å². The molecule has 0 saturated carbocycles. The number of aromatic nitrogens is 2. The maximum absolute atomic E-state index is 13.4. The first-order valence-corrected chi connectivity index (χ1v) is 9.64. The van der Waals surface area contributed by atoms with Crippen LogP contribution >= 0.6 is 0 Å². The molecule has 0 saturated heterocycles. The summed E-state index contributed by atoms with van der Waals surface area (Å²) < 4.78 is 15.6. The Balaban J connectivity index is 1.71. The molecule has 2 aromatic heterocycles. The second kappa shape index (κ2) is 7.36. The molecule has 29 heavy (non-hydrogen) atoms. The lowest BCUT2D eigenvalue weighted by Crippen LogP contribution is -1.99. The van der Waals surface area contributed by atoms with E-state index in [1.807, 2.05) is 30.5 Å². The van der Waals surface area contributed by atoms with Gasteiger partial charge in [0.25, 0.3) is 0 Å². The predicted octanol–water partition coefficient (Wildman–Crippen LogP) is 6.40. The van der Waals surface area contributed by atoms with Gasteiger partial charge in [-0.3, -0.25) is 0 Å². The number of benzene rings is 3. The molecule has 0 aliphatic carbocycles. The SMILES string of the molecule is Fc1ccc(-c2cn3c(Cc4ccccc4)ccc3c(-c3ccccc3)n2)cc1. The molecule has 2 nitrogen and oxygen atoms in total. The standard InChI is InChI=1S/C26H19FN2/c27-22-13-11-20(12-14-22)24-18-29-23(17-19-7-3-1-4-8-19)15-16-25(29)26(28-24)21-9-5-2-6-10-21/h1-16,18H,17H2. The van der Waals surface area contributed by atoms with Crippen molar-refractivity contribution >= 4 is 5.52 Å². The minimum atomic E-state index is -0.246. The molecular weight excluding hydrogens is 359 g/mol. The fourth-order valence-electron chi connectivity index (χ4n) is 3.68. The number of fused-ring (bicyclic) bond motifs is 1. The Kier molecular flexibility index (Phi) is 4.41. The molecule has 0 N–H and O–H groups in total. The smallest absolute Gasteiger partial charge is 0.123 e. The Hall–Kier alpha value is -3.72. The lowest BCUT2D eigenvalue weighted by Gasteiger charge is -2.11. The molecule has 0 aliphatic rings. The maximum Gasteiger partial charge on any atom is 0.123 e. The number of halogens is 1. The normalized spacial score (nSPS) is 11.1. The molecule has 0 amide bonds. The highest BCUT2D eigenvalue weighted by Crippen LogP contribution is 2.29. The maximum atomic E-state index is 13.4. The van der Waals surface area contributed by atoms with E-state index in [-0.39, 0.29) is 5.82 Å². The summed E-state index contributed by atoms with van der Waals surface area (Å²) in [6.07, 6.45) is 2.88. The fourth-order valence-corrected chi connectivity index (χ4v) is 3.68. The average Bonchev–Trinajstić information content (AvgIpc) is 3.18. The van der Waals surface area contributed by atoms with Crippen LogP contribution in [-0.2, 0) is 6.42 Å². The summed E-state index contributed by atoms with van der Waals surface area (Å²) in [4.78, 5) is 4.95. The van der Waals surface area contributed by atoms with Gasteiger partial charge in [0.15, 0.2) is 0 Å². The van der Waals surface area contributed by atoms with Gasteiger partial charge in [0.1, 0.15) is 5.82 Å². The Labute approximate surface area is 168 Å². The minimum absolute atomic E-state index is 0.246. The predicted molar refractivity (Wildman–Crippen MR) is 115 cm³/mol. The van der Waals surface area contributed by atoms with Crippen molar-refractivity contribution < 1.29 is 4.39 Å². The molecule has 0 spiro atoms. The summed E-state index contributed by atoms with van der Waals surface area (Å²) in [7, 11) is 0. The molecule has 0 atom stereocenters. The Morgan fingerprint density at radius 3 is 2.10 bits per heavy atom. The fraction of sp³-hybridized carbons (Fsp3) is 0.0385. The molecule has 0 bridgehead atoms. The van der Waals surface area contributed by atoms with E-state index >= 15 is 0 Å². The topological polar surface area (TPSA) is 17.3 Å². The molecule has 3 aromatic carbocycles. The number of hydrogen-bond acceptors (Lipinski definition) is 1. The molecule has 3 heteroatoms. The van der Waals surface area contributed by atoms with Crippen molar-refractivity contribution in [3.63, 3.8) is 0 Å². The zero-order valence-corrected chi connectivity index (χ0v) is 15.8. The van der Waals surface area contributed by atoms with Gasteiger partial charge in [0.2, 0.25) is 0 Å². The Morgan fingerprint density at radius 2 is 1.38 bits per heavy atom. The zero-order valence-electron chi connectivity index (χ0n) is 15.8. The first-order valence-electron chi connectivity index (χ1n) is 9.64. The molecule has 0 unspecified atom stereocenters. The van der Waals surface area contributed by atoms with Crippen LogP contribution in [0, 0.1) is 5.82 Å². The van der Waals surface area contributed by atoms with Gasteiger partial charge in [-0.2, -0.15) is 0 Å². The van der Waals surface area contributed by atoms with Crippen LogP contribution in [0.25, 0.3) is 28.0 Å². The second-order valence-electron chi connectivity index (χ2n) is 7.09. The first kappa shape index (κ1) is 17.4. The van der Waals surface area contributed by atoms with E-state index < -0.39 is 0 Å². The van der Waals surface area contributed by atoms with Crippen LogP contribution in [0.1, 0.15) is 11.3 Å². The Bertz CT molecular complexity index is 1260. The van der Waals surface area contributed by atoms with Crippen molar-refractivity contribution in [1.29, 1.82) is 0 Å². The van der Waals surface area contributed by atoms with Crippen LogP contribution < -0.4 is 0 Å². The zero-order chi connectivity index (χ0) is 19.6. The van der Waals surface area contributed by atoms with Gasteiger partial charge in [-0.05, 0) is 42.0 Å². The van der Waals surface area contributed by atoms with Gasteiger partial charge in [-0.15, -0.1) is 0 Å². The number of rotatable bonds is 4. The highest BCUT2D eigenvalue weighted by Gasteiger charge is 2.13. The van der Waals surface area contributed by atoms with Gasteiger partial charge >= 0.3 is 0 Å². The summed E-state index contributed by atoms with van der Waals surface area (Å²) in [6, 6.07) is 31.4. The first-order chi connectivity index (χ1) is 14.3. The third kappa shape index (κ3) is 3.43. The van der Waals surface area contributed by atoms with Gasteiger partial charge in [-0.1, -0.05) is 60.7 Å². The van der Waals surface area contributed by atoms with Crippen molar-refractivity contribution in [2.75, 3.05) is 0 Å². The van der Waals surface area contributed by atoms with E-state index in [2.05, 4.69) is 52.9 Å². The highest BCUT2D eigenvalue weighted by molar-refractivity contribution is 5.80. The van der Waals surface area contributed by atoms with Crippen molar-refractivity contribution in [2.45, 2.75) is 6.42 Å². The van der Waals surface area contributed by atoms with E-state index in [1.54, 1.807) is 12.1 Å². The largest absolute Gasteiger partial charge is 0.316 e. The molecule has 0 radical (unpaired) electrons. The van der Waals surface area contributed by atoms with Crippen LogP contribution in [0.4, 0.5) is 4.39 Å². The summed E-state index contributed by atoms with van der Waals surface area (Å²) in [6.45, 7) is 0. The Morgan fingerprint density at radius 1 is 0.690 bits per heavy atom. The van der Waals surface area contributed by atoms with Crippen molar-refractivity contribution in [1.82, 2.24) is 9.38 Å². The monoisotopic (exact) mass is 378 g/mol. The lowest BCUT2D eigenvalue weighted by molar-refractivity contribution is 0.628. The third-order valence-electron chi connectivity index (χ3n) is 5.14. The molecule has 0 aliphatic heterocycles. The summed E-state index contributed by atoms with van der Waals surface area (Å²) in [5.74, 6) is -0.246. The molecule has 5 aromatic rings. The minimum Gasteiger partial charge on any atom is -0.316 e. The van der Waals surface area contributed by atoms with Gasteiger partial charge < -0.3 is 4.40 Å². The van der Waals surface area contributed by atoms with E-state index in [1.165, 1.54) is 23.4 Å². The second-order valence-corrected chi connectivity index (χ2v) is 7.09. The third-order valence-corrected chi connectivity index (χ3v) is 5.14. The van der Waals surface area contributed by atoms with E-state index in [4.69, 9.17) is 4.98 Å². The summed E-state index contributed by atoms with van der Waals surface area (Å²) in [5, 5.41) is 0. The van der Waals surface area contributed by atoms with Gasteiger partial charge in [-0.25, -0.2) is 9.37 Å². The van der Waals surface area contributed by atoms with Crippen LogP contribution in [0.5, 0.6) is 0 Å². The van der Waals surface area contributed by atoms with Crippen molar-refractivity contribution in [3.05, 3.63) is 120 Å². The van der Waals surface area contributed by atoms with Crippen LogP contribution in [0.15, 0.2) is 103 Å². The van der Waals surface area contributed by atoms with Gasteiger partial charge in [0.05, 0.1) is 16.9 Å². The quantitative estimate of drug-likeness (QED) is 0.354. The number of hydrogen-bond donors (Lipinski definition) is 0. The summed E-state index contributed by atoms with van der Waals surface area (Å²) in [5.41, 5.74) is 7.21. The van der Waals surface area contributed by atoms with Crippen LogP contribution in [0.2, 0.25) is 0 Å². The van der Waals surface area contributed by atoms with Crippen LogP contribution in [-0.4, -0.2) is 9.38 Å². The lowest BCUT2D eigenvalue weighted by atomic mass is 10.1. The average molecular weight is 378 g/mol. The molecule has 5 rings (SSSR count). The number of nitrogens with zero attached hydrogens (tertiary/aromatic N) is 2. The molecular formula is C26H19FN2. The van der Waals surface area contributed by atoms with Gasteiger partial charge in [0, 0.05) is 29.4 Å². The van der Waals surface area contributed by atoms with E-state index in [0.717, 1.165) is 34.5 Å². The van der Waals surface area contributed by atoms with E-state index in [0.29, 0.717) is 0 Å². The molecule has 0 fully saturated rings. The van der Waals surface area contributed by atoms with Crippen molar-refractivity contribution in [3.8, 4) is 22.5 Å². The molecule has 140 valence electrons. The van der Waals surface area contributed by atoms with Crippen LogP contribution in [0.3, 0.4) is 0 Å².